The van der Waals surface area contributed by atoms with Crippen molar-refractivity contribution in [3.8, 4) is 11.1 Å². The van der Waals surface area contributed by atoms with Gasteiger partial charge in [-0.25, -0.2) is 13.1 Å². The number of benzene rings is 2. The van der Waals surface area contributed by atoms with Crippen LogP contribution in [0.25, 0.3) is 11.1 Å². The van der Waals surface area contributed by atoms with Gasteiger partial charge in [-0.1, -0.05) is 61.0 Å². The van der Waals surface area contributed by atoms with E-state index in [4.69, 9.17) is 0 Å². The fourth-order valence-electron chi connectivity index (χ4n) is 5.32. The zero-order valence-corrected chi connectivity index (χ0v) is 18.8. The highest BCUT2D eigenvalue weighted by Gasteiger charge is 2.61. The van der Waals surface area contributed by atoms with Crippen LogP contribution in [0.15, 0.2) is 54.6 Å². The molecule has 3 aliphatic rings. The highest BCUT2D eigenvalue weighted by Crippen LogP contribution is 2.56. The Bertz CT molecular complexity index is 1070. The van der Waals surface area contributed by atoms with Gasteiger partial charge in [-0.2, -0.15) is 0 Å². The first-order valence-corrected chi connectivity index (χ1v) is 13.2. The SMILES string of the molecule is CS(=O)(=O)N[C@@H]1[C@H](Cc2cccc(-c3ccccc3)c2)N(C(=O)C2CCC2)CC12CC2. The van der Waals surface area contributed by atoms with E-state index in [1.807, 2.05) is 23.1 Å². The molecule has 0 aromatic heterocycles. The van der Waals surface area contributed by atoms with E-state index >= 15 is 0 Å². The van der Waals surface area contributed by atoms with Crippen molar-refractivity contribution in [2.45, 2.75) is 50.6 Å². The maximum absolute atomic E-state index is 13.3. The molecule has 6 heteroatoms. The monoisotopic (exact) mass is 438 g/mol. The van der Waals surface area contributed by atoms with Gasteiger partial charge in [-0.3, -0.25) is 4.79 Å². The maximum Gasteiger partial charge on any atom is 0.226 e. The van der Waals surface area contributed by atoms with Gasteiger partial charge in [0.2, 0.25) is 15.9 Å². The molecule has 2 aromatic rings. The molecule has 5 rings (SSSR count). The third-order valence-electron chi connectivity index (χ3n) is 7.38. The van der Waals surface area contributed by atoms with Gasteiger partial charge in [-0.15, -0.1) is 0 Å². The second-order valence-electron chi connectivity index (χ2n) is 9.66. The van der Waals surface area contributed by atoms with Crippen molar-refractivity contribution in [3.63, 3.8) is 0 Å². The molecule has 2 saturated carbocycles. The molecule has 1 aliphatic heterocycles. The Balaban J connectivity index is 1.46. The molecule has 2 aliphatic carbocycles. The van der Waals surface area contributed by atoms with Crippen molar-refractivity contribution in [3.05, 3.63) is 60.2 Å². The summed E-state index contributed by atoms with van der Waals surface area (Å²) in [4.78, 5) is 15.3. The fourth-order valence-corrected chi connectivity index (χ4v) is 6.18. The molecule has 2 aromatic carbocycles. The van der Waals surface area contributed by atoms with Gasteiger partial charge in [-0.05, 0) is 48.8 Å². The average molecular weight is 439 g/mol. The molecule has 3 fully saturated rings. The predicted octanol–water partition coefficient (Wildman–Crippen LogP) is 3.61. The van der Waals surface area contributed by atoms with Crippen LogP contribution in [0, 0.1) is 11.3 Å². The minimum absolute atomic E-state index is 0.0931. The number of rotatable bonds is 6. The molecule has 31 heavy (non-hydrogen) atoms. The lowest BCUT2D eigenvalue weighted by Gasteiger charge is -2.34. The Morgan fingerprint density at radius 2 is 1.77 bits per heavy atom. The maximum atomic E-state index is 13.3. The predicted molar refractivity (Wildman–Crippen MR) is 122 cm³/mol. The molecule has 0 radical (unpaired) electrons. The quantitative estimate of drug-likeness (QED) is 0.749. The van der Waals surface area contributed by atoms with E-state index in [-0.39, 0.29) is 29.3 Å². The van der Waals surface area contributed by atoms with Gasteiger partial charge in [0.05, 0.1) is 12.3 Å². The van der Waals surface area contributed by atoms with Crippen LogP contribution in [0.5, 0.6) is 0 Å². The number of carbonyl (C=O) groups excluding carboxylic acids is 1. The summed E-state index contributed by atoms with van der Waals surface area (Å²) in [6.07, 6.45) is 6.89. The van der Waals surface area contributed by atoms with Crippen molar-refractivity contribution in [1.82, 2.24) is 9.62 Å². The van der Waals surface area contributed by atoms with E-state index in [0.29, 0.717) is 13.0 Å². The molecule has 1 spiro atoms. The number of sulfonamides is 1. The summed E-state index contributed by atoms with van der Waals surface area (Å²) in [5.41, 5.74) is 3.34. The minimum atomic E-state index is -3.36. The standard InChI is InChI=1S/C25H30N2O3S/c1-31(29,30)26-23-22(27(17-25(23)13-14-25)24(28)20-10-6-11-20)16-18-7-5-12-21(15-18)19-8-3-2-4-9-19/h2-5,7-9,12,15,20,22-23,26H,6,10-11,13-14,16-17H2,1H3/t22-,23+/m0/s1. The van der Waals surface area contributed by atoms with Gasteiger partial charge < -0.3 is 4.90 Å². The number of nitrogens with zero attached hydrogens (tertiary/aromatic N) is 1. The number of hydrogen-bond acceptors (Lipinski definition) is 3. The van der Waals surface area contributed by atoms with Crippen LogP contribution in [0.2, 0.25) is 0 Å². The second kappa shape index (κ2) is 7.75. The van der Waals surface area contributed by atoms with E-state index in [9.17, 15) is 13.2 Å². The molecule has 2 atom stereocenters. The van der Waals surface area contributed by atoms with Crippen LogP contribution in [0.1, 0.15) is 37.7 Å². The van der Waals surface area contributed by atoms with Crippen LogP contribution < -0.4 is 4.72 Å². The third kappa shape index (κ3) is 4.15. The molecule has 0 bridgehead atoms. The molecule has 0 unspecified atom stereocenters. The van der Waals surface area contributed by atoms with Crippen LogP contribution in [0.3, 0.4) is 0 Å². The fraction of sp³-hybridized carbons (Fsp3) is 0.480. The summed E-state index contributed by atoms with van der Waals surface area (Å²) in [7, 11) is -3.36. The molecule has 1 heterocycles. The lowest BCUT2D eigenvalue weighted by atomic mass is 9.84. The molecule has 5 nitrogen and oxygen atoms in total. The third-order valence-corrected chi connectivity index (χ3v) is 8.06. The highest BCUT2D eigenvalue weighted by atomic mass is 32.2. The summed E-state index contributed by atoms with van der Waals surface area (Å²) in [6, 6.07) is 18.3. The van der Waals surface area contributed by atoms with Gasteiger partial charge in [0.1, 0.15) is 0 Å². The largest absolute Gasteiger partial charge is 0.337 e. The van der Waals surface area contributed by atoms with E-state index in [2.05, 4.69) is 41.1 Å². The van der Waals surface area contributed by atoms with Crippen molar-refractivity contribution >= 4 is 15.9 Å². The smallest absolute Gasteiger partial charge is 0.226 e. The summed E-state index contributed by atoms with van der Waals surface area (Å²) in [5, 5.41) is 0. The zero-order valence-electron chi connectivity index (χ0n) is 18.0. The average Bonchev–Trinajstić information content (AvgIpc) is 3.43. The van der Waals surface area contributed by atoms with Crippen molar-refractivity contribution < 1.29 is 13.2 Å². The molecule has 164 valence electrons. The highest BCUT2D eigenvalue weighted by molar-refractivity contribution is 7.88. The first-order chi connectivity index (χ1) is 14.8. The van der Waals surface area contributed by atoms with Gasteiger partial charge in [0.15, 0.2) is 0 Å². The number of amides is 1. The lowest BCUT2D eigenvalue weighted by molar-refractivity contribution is -0.139. The van der Waals surface area contributed by atoms with Gasteiger partial charge in [0.25, 0.3) is 0 Å². The molecule has 1 amide bonds. The number of likely N-dealkylation sites (tertiary alicyclic amines) is 1. The molecular weight excluding hydrogens is 408 g/mol. The summed E-state index contributed by atoms with van der Waals surface area (Å²) in [5.74, 6) is 0.338. The Labute approximate surface area is 184 Å². The lowest BCUT2D eigenvalue weighted by Crippen LogP contribution is -2.50. The normalized spacial score (nSPS) is 24.9. The van der Waals surface area contributed by atoms with Crippen LogP contribution in [-0.4, -0.2) is 44.1 Å². The Morgan fingerprint density at radius 1 is 1.06 bits per heavy atom. The molecular formula is C25H30N2O3S. The first kappa shape index (κ1) is 20.7. The Morgan fingerprint density at radius 3 is 2.39 bits per heavy atom. The van der Waals surface area contributed by atoms with Crippen LogP contribution in [-0.2, 0) is 21.2 Å². The molecule has 1 N–H and O–H groups in total. The Hall–Kier alpha value is -2.18. The van der Waals surface area contributed by atoms with Crippen LogP contribution in [0.4, 0.5) is 0 Å². The Kier molecular flexibility index (Phi) is 5.18. The summed E-state index contributed by atoms with van der Waals surface area (Å²) in [6.45, 7) is 0.679. The van der Waals surface area contributed by atoms with Gasteiger partial charge >= 0.3 is 0 Å². The van der Waals surface area contributed by atoms with E-state index < -0.39 is 10.0 Å². The van der Waals surface area contributed by atoms with E-state index in [1.54, 1.807) is 0 Å². The van der Waals surface area contributed by atoms with Crippen molar-refractivity contribution in [2.24, 2.45) is 11.3 Å². The first-order valence-electron chi connectivity index (χ1n) is 11.3. The zero-order chi connectivity index (χ0) is 21.6. The van der Waals surface area contributed by atoms with Crippen molar-refractivity contribution in [2.75, 3.05) is 12.8 Å². The van der Waals surface area contributed by atoms with Gasteiger partial charge in [0, 0.05) is 23.9 Å². The number of hydrogen-bond donors (Lipinski definition) is 1. The second-order valence-corrected chi connectivity index (χ2v) is 11.4. The topological polar surface area (TPSA) is 66.5 Å². The summed E-state index contributed by atoms with van der Waals surface area (Å²) < 4.78 is 27.3. The molecule has 1 saturated heterocycles. The van der Waals surface area contributed by atoms with E-state index in [1.165, 1.54) is 6.26 Å². The number of carbonyl (C=O) groups is 1. The van der Waals surface area contributed by atoms with Crippen molar-refractivity contribution in [1.29, 1.82) is 0 Å². The van der Waals surface area contributed by atoms with Crippen LogP contribution >= 0.6 is 0 Å². The minimum Gasteiger partial charge on any atom is -0.337 e. The van der Waals surface area contributed by atoms with E-state index in [0.717, 1.165) is 48.8 Å². The summed E-state index contributed by atoms with van der Waals surface area (Å²) >= 11 is 0. The number of nitrogens with one attached hydrogen (secondary N) is 1.